The average Bonchev–Trinajstić information content (AvgIpc) is 3.28. The summed E-state index contributed by atoms with van der Waals surface area (Å²) >= 11 is 0. The molecule has 1 aliphatic rings. The third kappa shape index (κ3) is 2.85. The molecule has 4 rings (SSSR count). The Hall–Kier alpha value is -3.42. The van der Waals surface area contributed by atoms with Crippen LogP contribution < -0.4 is 5.32 Å². The third-order valence-corrected chi connectivity index (χ3v) is 4.27. The Morgan fingerprint density at radius 1 is 1.27 bits per heavy atom. The molecule has 0 radical (unpaired) electrons. The summed E-state index contributed by atoms with van der Waals surface area (Å²) in [5, 5.41) is 11.6. The number of benzene rings is 1. The molecule has 0 saturated carbocycles. The molecule has 1 N–H and O–H groups in total. The number of carbonyl (C=O) groups is 1. The zero-order valence-electron chi connectivity index (χ0n) is 14.5. The van der Waals surface area contributed by atoms with Crippen molar-refractivity contribution in [2.45, 2.75) is 19.6 Å². The fourth-order valence-corrected chi connectivity index (χ4v) is 3.05. The molecule has 0 aliphatic carbocycles. The highest BCUT2D eigenvalue weighted by Gasteiger charge is 2.35. The summed E-state index contributed by atoms with van der Waals surface area (Å²) in [6.45, 7) is 2.04. The van der Waals surface area contributed by atoms with Gasteiger partial charge in [0.25, 0.3) is 0 Å². The first-order valence-corrected chi connectivity index (χ1v) is 8.20. The fraction of sp³-hybridized carbons (Fsp3) is 0.222. The molecule has 132 valence electrons. The lowest BCUT2D eigenvalue weighted by molar-refractivity contribution is -0.140. The highest BCUT2D eigenvalue weighted by molar-refractivity contribution is 5.92. The summed E-state index contributed by atoms with van der Waals surface area (Å²) < 4.78 is 8.92. The Morgan fingerprint density at radius 3 is 2.81 bits per heavy atom. The quantitative estimate of drug-likeness (QED) is 0.725. The number of esters is 1. The van der Waals surface area contributed by atoms with E-state index in [-0.39, 0.29) is 6.61 Å². The molecule has 3 aromatic rings. The van der Waals surface area contributed by atoms with Crippen LogP contribution in [0.2, 0.25) is 0 Å². The number of nitrogens with zero attached hydrogens (tertiary/aromatic N) is 5. The number of allylic oxidation sites excluding steroid dienone is 1. The number of hydrogen-bond acceptors (Lipinski definition) is 6. The Balaban J connectivity index is 1.66. The minimum absolute atomic E-state index is 0.209. The van der Waals surface area contributed by atoms with Crippen molar-refractivity contribution in [1.29, 1.82) is 0 Å². The van der Waals surface area contributed by atoms with Crippen LogP contribution in [-0.4, -0.2) is 30.5 Å². The van der Waals surface area contributed by atoms with Gasteiger partial charge in [-0.25, -0.2) is 9.48 Å². The van der Waals surface area contributed by atoms with Gasteiger partial charge in [0.05, 0.1) is 11.8 Å². The van der Waals surface area contributed by atoms with E-state index in [1.54, 1.807) is 15.6 Å². The summed E-state index contributed by atoms with van der Waals surface area (Å²) in [6.07, 6.45) is 5.04. The number of anilines is 1. The summed E-state index contributed by atoms with van der Waals surface area (Å²) in [4.78, 5) is 17.1. The van der Waals surface area contributed by atoms with Gasteiger partial charge in [0, 0.05) is 24.5 Å². The molecule has 0 unspecified atom stereocenters. The van der Waals surface area contributed by atoms with Crippen LogP contribution in [0.5, 0.6) is 0 Å². The van der Waals surface area contributed by atoms with E-state index in [2.05, 4.69) is 20.5 Å². The average molecular weight is 350 g/mol. The maximum atomic E-state index is 12.9. The molecular formula is C18H18N6O2. The Kier molecular flexibility index (Phi) is 4.00. The first-order valence-electron chi connectivity index (χ1n) is 8.20. The smallest absolute Gasteiger partial charge is 0.338 e. The predicted molar refractivity (Wildman–Crippen MR) is 93.9 cm³/mol. The number of hydrogen-bond donors (Lipinski definition) is 1. The number of ether oxygens (including phenoxy) is 1. The van der Waals surface area contributed by atoms with E-state index < -0.39 is 12.0 Å². The van der Waals surface area contributed by atoms with E-state index in [0.717, 1.165) is 11.1 Å². The Labute approximate surface area is 150 Å². The van der Waals surface area contributed by atoms with E-state index in [1.807, 2.05) is 50.5 Å². The lowest BCUT2D eigenvalue weighted by atomic mass is 9.98. The van der Waals surface area contributed by atoms with Crippen molar-refractivity contribution in [3.63, 3.8) is 0 Å². The zero-order chi connectivity index (χ0) is 18.1. The molecule has 0 bridgehead atoms. The van der Waals surface area contributed by atoms with Gasteiger partial charge in [-0.15, -0.1) is 0 Å². The van der Waals surface area contributed by atoms with Gasteiger partial charge in [0.1, 0.15) is 19.0 Å². The number of aromatic nitrogens is 5. The number of fused-ring (bicyclic) bond motifs is 1. The van der Waals surface area contributed by atoms with E-state index in [4.69, 9.17) is 4.74 Å². The standard InChI is InChI=1S/C18H18N6O2/c1-12-15(17(25)26-10-13-6-4-3-5-7-13)16(14-8-20-23(2)9-14)24-18(22-12)19-11-21-24/h3-9,11,16H,10H2,1-2H3,(H,19,21,22)/t16-/m1/s1. The zero-order valence-corrected chi connectivity index (χ0v) is 14.5. The molecule has 0 saturated heterocycles. The predicted octanol–water partition coefficient (Wildman–Crippen LogP) is 2.04. The normalized spacial score (nSPS) is 16.2. The second-order valence-corrected chi connectivity index (χ2v) is 6.10. The molecule has 1 atom stereocenters. The first kappa shape index (κ1) is 16.1. The molecule has 1 aliphatic heterocycles. The molecule has 3 heterocycles. The van der Waals surface area contributed by atoms with Crippen LogP contribution in [0, 0.1) is 0 Å². The highest BCUT2D eigenvalue weighted by Crippen LogP contribution is 2.34. The maximum Gasteiger partial charge on any atom is 0.338 e. The second-order valence-electron chi connectivity index (χ2n) is 6.10. The van der Waals surface area contributed by atoms with Crippen molar-refractivity contribution >= 4 is 11.9 Å². The highest BCUT2D eigenvalue weighted by atomic mass is 16.5. The Morgan fingerprint density at radius 2 is 2.08 bits per heavy atom. The van der Waals surface area contributed by atoms with Gasteiger partial charge in [-0.1, -0.05) is 30.3 Å². The molecule has 2 aromatic heterocycles. The van der Waals surface area contributed by atoms with Crippen LogP contribution in [0.4, 0.5) is 5.95 Å². The number of rotatable bonds is 4. The van der Waals surface area contributed by atoms with Gasteiger partial charge in [-0.2, -0.15) is 15.2 Å². The molecule has 8 nitrogen and oxygen atoms in total. The van der Waals surface area contributed by atoms with E-state index in [0.29, 0.717) is 17.2 Å². The van der Waals surface area contributed by atoms with Crippen molar-refractivity contribution in [1.82, 2.24) is 24.5 Å². The van der Waals surface area contributed by atoms with Crippen molar-refractivity contribution < 1.29 is 9.53 Å². The summed E-state index contributed by atoms with van der Waals surface area (Å²) in [7, 11) is 1.83. The fourth-order valence-electron chi connectivity index (χ4n) is 3.05. The largest absolute Gasteiger partial charge is 0.457 e. The van der Waals surface area contributed by atoms with Crippen molar-refractivity contribution in [2.75, 3.05) is 5.32 Å². The van der Waals surface area contributed by atoms with Crippen molar-refractivity contribution in [3.8, 4) is 0 Å². The van der Waals surface area contributed by atoms with Crippen LogP contribution >= 0.6 is 0 Å². The summed E-state index contributed by atoms with van der Waals surface area (Å²) in [5.41, 5.74) is 2.96. The molecule has 1 aromatic carbocycles. The van der Waals surface area contributed by atoms with Gasteiger partial charge in [-0.3, -0.25) is 4.68 Å². The van der Waals surface area contributed by atoms with E-state index in [1.165, 1.54) is 6.33 Å². The van der Waals surface area contributed by atoms with Crippen molar-refractivity contribution in [3.05, 3.63) is 71.4 Å². The van der Waals surface area contributed by atoms with Gasteiger partial charge < -0.3 is 10.1 Å². The molecule has 0 amide bonds. The SMILES string of the molecule is CC1=C(C(=O)OCc2ccccc2)[C@@H](c2cnn(C)c2)n2ncnc2N1. The van der Waals surface area contributed by atoms with Gasteiger partial charge in [-0.05, 0) is 12.5 Å². The van der Waals surface area contributed by atoms with Crippen LogP contribution in [0.1, 0.15) is 24.1 Å². The van der Waals surface area contributed by atoms with Crippen LogP contribution in [0.3, 0.4) is 0 Å². The Bertz CT molecular complexity index is 972. The van der Waals surface area contributed by atoms with Gasteiger partial charge in [0.2, 0.25) is 5.95 Å². The second kappa shape index (κ2) is 6.47. The summed E-state index contributed by atoms with van der Waals surface area (Å²) in [5.74, 6) is 0.185. The van der Waals surface area contributed by atoms with Gasteiger partial charge >= 0.3 is 5.97 Å². The number of nitrogens with one attached hydrogen (secondary N) is 1. The number of aryl methyl sites for hydroxylation is 1. The summed E-state index contributed by atoms with van der Waals surface area (Å²) in [6, 6.07) is 9.15. The topological polar surface area (TPSA) is 86.9 Å². The molecule has 0 spiro atoms. The minimum atomic E-state index is -0.439. The minimum Gasteiger partial charge on any atom is -0.457 e. The molecule has 8 heteroatoms. The van der Waals surface area contributed by atoms with E-state index >= 15 is 0 Å². The number of carbonyl (C=O) groups excluding carboxylic acids is 1. The van der Waals surface area contributed by atoms with Crippen molar-refractivity contribution in [2.24, 2.45) is 7.05 Å². The molecule has 0 fully saturated rings. The lowest BCUT2D eigenvalue weighted by Crippen LogP contribution is -2.29. The van der Waals surface area contributed by atoms with E-state index in [9.17, 15) is 4.79 Å². The van der Waals surface area contributed by atoms with Crippen LogP contribution in [0.25, 0.3) is 0 Å². The first-order chi connectivity index (χ1) is 12.6. The maximum absolute atomic E-state index is 12.9. The van der Waals surface area contributed by atoms with Crippen LogP contribution in [0.15, 0.2) is 60.3 Å². The lowest BCUT2D eigenvalue weighted by Gasteiger charge is -2.27. The molecule has 26 heavy (non-hydrogen) atoms. The van der Waals surface area contributed by atoms with Gasteiger partial charge in [0.15, 0.2) is 0 Å². The monoisotopic (exact) mass is 350 g/mol. The van der Waals surface area contributed by atoms with Crippen LogP contribution in [-0.2, 0) is 23.2 Å². The molecular weight excluding hydrogens is 332 g/mol. The third-order valence-electron chi connectivity index (χ3n) is 4.27.